The van der Waals surface area contributed by atoms with Gasteiger partial charge in [0.2, 0.25) is 5.91 Å². The molecule has 0 radical (unpaired) electrons. The van der Waals surface area contributed by atoms with Gasteiger partial charge in [-0.15, -0.1) is 19.1 Å². The van der Waals surface area contributed by atoms with E-state index < -0.39 is 0 Å². The van der Waals surface area contributed by atoms with E-state index in [0.29, 0.717) is 6.42 Å². The number of hydrogen-bond donors (Lipinski definition) is 2. The maximum atomic E-state index is 11.7. The third-order valence-corrected chi connectivity index (χ3v) is 2.71. The molecular formula is C14H17NOS. The van der Waals surface area contributed by atoms with Gasteiger partial charge in [0.25, 0.3) is 0 Å². The highest BCUT2D eigenvalue weighted by molar-refractivity contribution is 7.80. The molecule has 0 aliphatic carbocycles. The van der Waals surface area contributed by atoms with Crippen molar-refractivity contribution in [3.63, 3.8) is 0 Å². The molecule has 1 rings (SSSR count). The van der Waals surface area contributed by atoms with Gasteiger partial charge in [0.05, 0.1) is 12.5 Å². The van der Waals surface area contributed by atoms with Crippen LogP contribution in [0, 0.1) is 12.3 Å². The predicted octanol–water partition coefficient (Wildman–Crippen LogP) is 2.44. The van der Waals surface area contributed by atoms with Crippen LogP contribution in [0.1, 0.15) is 25.3 Å². The lowest BCUT2D eigenvalue weighted by molar-refractivity contribution is -0.120. The third-order valence-electron chi connectivity index (χ3n) is 2.41. The molecule has 1 N–H and O–H groups in total. The van der Waals surface area contributed by atoms with E-state index in [1.807, 2.05) is 31.2 Å². The number of hydrogen-bond acceptors (Lipinski definition) is 2. The Hall–Kier alpha value is -1.40. The summed E-state index contributed by atoms with van der Waals surface area (Å²) in [5.41, 5.74) is 0.965. The molecule has 1 unspecified atom stereocenters. The average molecular weight is 247 g/mol. The number of carbonyl (C=O) groups excluding carboxylic acids is 1. The first-order valence-electron chi connectivity index (χ1n) is 5.69. The number of thiol groups is 1. The highest BCUT2D eigenvalue weighted by atomic mass is 32.1. The number of amides is 1. The SMILES string of the molecule is C#CC(CCC)NC(=O)Cc1ccc(S)cc1. The molecule has 1 amide bonds. The van der Waals surface area contributed by atoms with E-state index in [9.17, 15) is 4.79 Å². The van der Waals surface area contributed by atoms with Gasteiger partial charge in [-0.05, 0) is 24.1 Å². The van der Waals surface area contributed by atoms with Crippen LogP contribution in [-0.2, 0) is 11.2 Å². The van der Waals surface area contributed by atoms with Crippen LogP contribution in [0.15, 0.2) is 29.2 Å². The van der Waals surface area contributed by atoms with Crippen molar-refractivity contribution in [2.24, 2.45) is 0 Å². The predicted molar refractivity (Wildman–Crippen MR) is 73.1 cm³/mol. The number of rotatable bonds is 5. The fourth-order valence-electron chi connectivity index (χ4n) is 1.53. The molecule has 2 nitrogen and oxygen atoms in total. The van der Waals surface area contributed by atoms with Crippen LogP contribution in [0.25, 0.3) is 0 Å². The minimum atomic E-state index is -0.156. The minimum Gasteiger partial charge on any atom is -0.342 e. The molecule has 0 saturated heterocycles. The number of nitrogens with one attached hydrogen (secondary N) is 1. The lowest BCUT2D eigenvalue weighted by Gasteiger charge is -2.11. The third kappa shape index (κ3) is 4.97. The van der Waals surface area contributed by atoms with Gasteiger partial charge in [0, 0.05) is 4.90 Å². The Balaban J connectivity index is 2.49. The summed E-state index contributed by atoms with van der Waals surface area (Å²) >= 11 is 4.19. The zero-order valence-electron chi connectivity index (χ0n) is 9.94. The van der Waals surface area contributed by atoms with Crippen molar-refractivity contribution in [1.29, 1.82) is 0 Å². The van der Waals surface area contributed by atoms with Gasteiger partial charge in [-0.25, -0.2) is 0 Å². The fourth-order valence-corrected chi connectivity index (χ4v) is 1.68. The summed E-state index contributed by atoms with van der Waals surface area (Å²) in [5.74, 6) is 2.55. The van der Waals surface area contributed by atoms with Crippen LogP contribution in [0.3, 0.4) is 0 Å². The lowest BCUT2D eigenvalue weighted by Crippen LogP contribution is -2.34. The lowest BCUT2D eigenvalue weighted by atomic mass is 10.1. The van der Waals surface area contributed by atoms with Gasteiger partial charge in [0.15, 0.2) is 0 Å². The first-order chi connectivity index (χ1) is 8.15. The summed E-state index contributed by atoms with van der Waals surface area (Å²) in [7, 11) is 0. The summed E-state index contributed by atoms with van der Waals surface area (Å²) in [4.78, 5) is 12.6. The Kier molecular flexibility index (Phi) is 5.65. The summed E-state index contributed by atoms with van der Waals surface area (Å²) < 4.78 is 0. The quantitative estimate of drug-likeness (QED) is 0.607. The van der Waals surface area contributed by atoms with Gasteiger partial charge >= 0.3 is 0 Å². The first-order valence-corrected chi connectivity index (χ1v) is 6.13. The van der Waals surface area contributed by atoms with Crippen molar-refractivity contribution in [3.05, 3.63) is 29.8 Å². The second-order valence-corrected chi connectivity index (χ2v) is 4.44. The molecule has 0 aliphatic heterocycles. The molecular weight excluding hydrogens is 230 g/mol. The molecule has 17 heavy (non-hydrogen) atoms. The Bertz CT molecular complexity index is 405. The van der Waals surface area contributed by atoms with Crippen LogP contribution in [-0.4, -0.2) is 11.9 Å². The number of terminal acetylenes is 1. The molecule has 0 aliphatic rings. The van der Waals surface area contributed by atoms with Crippen LogP contribution >= 0.6 is 12.6 Å². The van der Waals surface area contributed by atoms with Crippen LogP contribution in [0.4, 0.5) is 0 Å². The molecule has 0 spiro atoms. The molecule has 0 saturated carbocycles. The van der Waals surface area contributed by atoms with Crippen LogP contribution in [0.2, 0.25) is 0 Å². The van der Waals surface area contributed by atoms with Gasteiger partial charge in [-0.3, -0.25) is 4.79 Å². The Morgan fingerprint density at radius 1 is 1.47 bits per heavy atom. The van der Waals surface area contributed by atoms with E-state index in [-0.39, 0.29) is 11.9 Å². The standard InChI is InChI=1S/C14H17NOS/c1-3-5-12(4-2)15-14(16)10-11-6-8-13(17)9-7-11/h2,6-9,12,17H,3,5,10H2,1H3,(H,15,16). The van der Waals surface area contributed by atoms with Gasteiger partial charge in [-0.1, -0.05) is 31.4 Å². The molecule has 1 aromatic carbocycles. The summed E-state index contributed by atoms with van der Waals surface area (Å²) in [5, 5.41) is 2.84. The second-order valence-electron chi connectivity index (χ2n) is 3.92. The molecule has 3 heteroatoms. The van der Waals surface area contributed by atoms with E-state index in [2.05, 4.69) is 23.9 Å². The molecule has 90 valence electrons. The van der Waals surface area contributed by atoms with E-state index >= 15 is 0 Å². The van der Waals surface area contributed by atoms with Crippen molar-refractivity contribution in [2.75, 3.05) is 0 Å². The molecule has 0 heterocycles. The topological polar surface area (TPSA) is 29.1 Å². The second kappa shape index (κ2) is 7.03. The van der Waals surface area contributed by atoms with E-state index in [0.717, 1.165) is 23.3 Å². The summed E-state index contributed by atoms with van der Waals surface area (Å²) in [6, 6.07) is 7.38. The zero-order valence-corrected chi connectivity index (χ0v) is 10.8. The van der Waals surface area contributed by atoms with Crippen LogP contribution < -0.4 is 5.32 Å². The van der Waals surface area contributed by atoms with Crippen molar-refractivity contribution in [3.8, 4) is 12.3 Å². The number of carbonyl (C=O) groups is 1. The van der Waals surface area contributed by atoms with E-state index in [1.54, 1.807) is 0 Å². The van der Waals surface area contributed by atoms with E-state index in [1.165, 1.54) is 0 Å². The maximum absolute atomic E-state index is 11.7. The van der Waals surface area contributed by atoms with Crippen molar-refractivity contribution in [1.82, 2.24) is 5.32 Å². The summed E-state index contributed by atoms with van der Waals surface area (Å²) in [6.07, 6.45) is 7.48. The Labute approximate surface area is 108 Å². The average Bonchev–Trinajstić information content (AvgIpc) is 2.31. The molecule has 1 atom stereocenters. The molecule has 0 bridgehead atoms. The van der Waals surface area contributed by atoms with Gasteiger partial charge < -0.3 is 5.32 Å². The zero-order chi connectivity index (χ0) is 12.7. The Morgan fingerprint density at radius 3 is 2.65 bits per heavy atom. The molecule has 1 aromatic rings. The number of benzene rings is 1. The van der Waals surface area contributed by atoms with Crippen LogP contribution in [0.5, 0.6) is 0 Å². The smallest absolute Gasteiger partial charge is 0.225 e. The highest BCUT2D eigenvalue weighted by Crippen LogP contribution is 2.08. The molecule has 0 fully saturated rings. The van der Waals surface area contributed by atoms with Gasteiger partial charge in [-0.2, -0.15) is 0 Å². The van der Waals surface area contributed by atoms with Crippen molar-refractivity contribution >= 4 is 18.5 Å². The van der Waals surface area contributed by atoms with Crippen molar-refractivity contribution in [2.45, 2.75) is 37.1 Å². The van der Waals surface area contributed by atoms with E-state index in [4.69, 9.17) is 6.42 Å². The largest absolute Gasteiger partial charge is 0.342 e. The Morgan fingerprint density at radius 2 is 2.12 bits per heavy atom. The van der Waals surface area contributed by atoms with Gasteiger partial charge in [0.1, 0.15) is 0 Å². The highest BCUT2D eigenvalue weighted by Gasteiger charge is 2.08. The molecule has 0 aromatic heterocycles. The maximum Gasteiger partial charge on any atom is 0.225 e. The normalized spacial score (nSPS) is 11.6. The van der Waals surface area contributed by atoms with Crippen molar-refractivity contribution < 1.29 is 4.79 Å². The monoisotopic (exact) mass is 247 g/mol. The minimum absolute atomic E-state index is 0.0340. The summed E-state index contributed by atoms with van der Waals surface area (Å²) in [6.45, 7) is 2.04. The first kappa shape index (κ1) is 13.7. The fraction of sp³-hybridized carbons (Fsp3) is 0.357.